The maximum Gasteiger partial charge on any atom is 0.273 e. The zero-order valence-electron chi connectivity index (χ0n) is 15.1. The summed E-state index contributed by atoms with van der Waals surface area (Å²) in [5, 5.41) is 1.07. The van der Waals surface area contributed by atoms with Crippen LogP contribution in [0.3, 0.4) is 0 Å². The van der Waals surface area contributed by atoms with Crippen LogP contribution in [-0.2, 0) is 6.42 Å². The Bertz CT molecular complexity index is 1040. The SMILES string of the molecule is [Cl-].c1ccc(CC2CC[NH+](c3ncnc4c3oc3ccccc34)CC2)cc1. The van der Waals surface area contributed by atoms with E-state index in [1.165, 1.54) is 29.7 Å². The fourth-order valence-corrected chi connectivity index (χ4v) is 4.19. The van der Waals surface area contributed by atoms with Crippen molar-refractivity contribution in [1.82, 2.24) is 9.97 Å². The Morgan fingerprint density at radius 3 is 2.48 bits per heavy atom. The zero-order valence-corrected chi connectivity index (χ0v) is 15.8. The van der Waals surface area contributed by atoms with Crippen LogP contribution in [0.25, 0.3) is 22.1 Å². The molecule has 5 heteroatoms. The molecular formula is C22H22ClN3O. The molecule has 4 aromatic rings. The van der Waals surface area contributed by atoms with Gasteiger partial charge in [0.25, 0.3) is 5.82 Å². The van der Waals surface area contributed by atoms with Gasteiger partial charge in [0.1, 0.15) is 17.4 Å². The molecule has 0 bridgehead atoms. The Morgan fingerprint density at radius 1 is 0.926 bits per heavy atom. The third kappa shape index (κ3) is 3.43. The van der Waals surface area contributed by atoms with Crippen molar-refractivity contribution in [2.45, 2.75) is 19.3 Å². The lowest BCUT2D eigenvalue weighted by atomic mass is 9.90. The van der Waals surface area contributed by atoms with Gasteiger partial charge in [-0.05, 0) is 30.0 Å². The molecule has 1 aliphatic rings. The molecule has 0 aliphatic carbocycles. The minimum Gasteiger partial charge on any atom is -1.00 e. The molecule has 1 N–H and O–H groups in total. The van der Waals surface area contributed by atoms with Gasteiger partial charge in [-0.15, -0.1) is 0 Å². The van der Waals surface area contributed by atoms with E-state index in [0.717, 1.165) is 46.9 Å². The Balaban J connectivity index is 0.00000180. The van der Waals surface area contributed by atoms with Gasteiger partial charge in [0.05, 0.1) is 13.1 Å². The van der Waals surface area contributed by atoms with Crippen LogP contribution in [-0.4, -0.2) is 23.1 Å². The van der Waals surface area contributed by atoms with E-state index in [9.17, 15) is 0 Å². The van der Waals surface area contributed by atoms with E-state index in [2.05, 4.69) is 46.4 Å². The fourth-order valence-electron chi connectivity index (χ4n) is 4.19. The molecule has 0 amide bonds. The van der Waals surface area contributed by atoms with Crippen molar-refractivity contribution in [3.8, 4) is 0 Å². The summed E-state index contributed by atoms with van der Waals surface area (Å²) in [4.78, 5) is 10.5. The molecular weight excluding hydrogens is 358 g/mol. The topological polar surface area (TPSA) is 43.4 Å². The summed E-state index contributed by atoms with van der Waals surface area (Å²) in [5.41, 5.74) is 4.12. The lowest BCUT2D eigenvalue weighted by molar-refractivity contribution is -0.841. The molecule has 0 atom stereocenters. The minimum atomic E-state index is 0. The van der Waals surface area contributed by atoms with Crippen LogP contribution >= 0.6 is 0 Å². The highest BCUT2D eigenvalue weighted by molar-refractivity contribution is 6.04. The second-order valence-corrected chi connectivity index (χ2v) is 7.23. The highest BCUT2D eigenvalue weighted by atomic mass is 35.5. The predicted molar refractivity (Wildman–Crippen MR) is 103 cm³/mol. The van der Waals surface area contributed by atoms with Gasteiger partial charge in [-0.25, -0.2) is 4.98 Å². The van der Waals surface area contributed by atoms with Crippen molar-refractivity contribution in [2.24, 2.45) is 5.92 Å². The summed E-state index contributed by atoms with van der Waals surface area (Å²) in [7, 11) is 0. The smallest absolute Gasteiger partial charge is 0.273 e. The summed E-state index contributed by atoms with van der Waals surface area (Å²) >= 11 is 0. The zero-order chi connectivity index (χ0) is 17.3. The third-order valence-corrected chi connectivity index (χ3v) is 5.57. The Hall–Kier alpha value is -2.43. The Labute approximate surface area is 164 Å². The van der Waals surface area contributed by atoms with E-state index < -0.39 is 0 Å². The lowest BCUT2D eigenvalue weighted by Crippen LogP contribution is -3.08. The lowest BCUT2D eigenvalue weighted by Gasteiger charge is -2.28. The van der Waals surface area contributed by atoms with E-state index >= 15 is 0 Å². The molecule has 5 rings (SSSR count). The van der Waals surface area contributed by atoms with E-state index in [1.54, 1.807) is 6.33 Å². The van der Waals surface area contributed by atoms with E-state index in [4.69, 9.17) is 4.42 Å². The molecule has 0 unspecified atom stereocenters. The number of furan rings is 1. The van der Waals surface area contributed by atoms with Gasteiger partial charge in [0.2, 0.25) is 5.58 Å². The number of nitrogens with one attached hydrogen (secondary N) is 1. The summed E-state index contributed by atoms with van der Waals surface area (Å²) in [6.45, 7) is 2.20. The molecule has 1 aliphatic heterocycles. The van der Waals surface area contributed by atoms with Crippen LogP contribution in [0.2, 0.25) is 0 Å². The minimum absolute atomic E-state index is 0. The highest BCUT2D eigenvalue weighted by Crippen LogP contribution is 2.29. The molecule has 1 fully saturated rings. The summed E-state index contributed by atoms with van der Waals surface area (Å²) < 4.78 is 6.11. The average Bonchev–Trinajstić information content (AvgIpc) is 3.08. The largest absolute Gasteiger partial charge is 1.00 e. The third-order valence-electron chi connectivity index (χ3n) is 5.57. The quantitative estimate of drug-likeness (QED) is 0.565. The van der Waals surface area contributed by atoms with Crippen molar-refractivity contribution in [3.63, 3.8) is 0 Å². The molecule has 4 nitrogen and oxygen atoms in total. The number of hydrogen-bond acceptors (Lipinski definition) is 3. The number of piperidine rings is 1. The monoisotopic (exact) mass is 379 g/mol. The molecule has 0 saturated carbocycles. The van der Waals surface area contributed by atoms with E-state index in [1.807, 2.05) is 18.2 Å². The predicted octanol–water partition coefficient (Wildman–Crippen LogP) is 0.549. The van der Waals surface area contributed by atoms with Crippen molar-refractivity contribution >= 4 is 27.9 Å². The number of aromatic nitrogens is 2. The Morgan fingerprint density at radius 2 is 1.67 bits per heavy atom. The first-order valence-electron chi connectivity index (χ1n) is 9.40. The number of benzene rings is 2. The maximum atomic E-state index is 6.11. The van der Waals surface area contributed by atoms with Crippen LogP contribution in [0.1, 0.15) is 18.4 Å². The summed E-state index contributed by atoms with van der Waals surface area (Å²) in [5.74, 6) is 1.78. The normalized spacial score (nSPS) is 19.9. The van der Waals surface area contributed by atoms with Gasteiger partial charge in [-0.2, -0.15) is 4.98 Å². The summed E-state index contributed by atoms with van der Waals surface area (Å²) in [6.07, 6.45) is 5.30. The van der Waals surface area contributed by atoms with E-state index in [0.29, 0.717) is 0 Å². The summed E-state index contributed by atoms with van der Waals surface area (Å²) in [6, 6.07) is 18.9. The first kappa shape index (κ1) is 18.0. The molecule has 138 valence electrons. The maximum absolute atomic E-state index is 6.11. The van der Waals surface area contributed by atoms with Crippen LogP contribution in [0.15, 0.2) is 65.3 Å². The van der Waals surface area contributed by atoms with Crippen molar-refractivity contribution < 1.29 is 21.7 Å². The molecule has 27 heavy (non-hydrogen) atoms. The van der Waals surface area contributed by atoms with Gasteiger partial charge in [0, 0.05) is 18.2 Å². The fraction of sp³-hybridized carbons (Fsp3) is 0.273. The number of fused-ring (bicyclic) bond motifs is 3. The number of halogens is 1. The highest BCUT2D eigenvalue weighted by Gasteiger charge is 2.28. The molecule has 0 radical (unpaired) electrons. The van der Waals surface area contributed by atoms with Gasteiger partial charge in [-0.1, -0.05) is 42.5 Å². The number of hydrogen-bond donors (Lipinski definition) is 1. The van der Waals surface area contributed by atoms with Crippen molar-refractivity contribution in [3.05, 3.63) is 66.5 Å². The van der Waals surface area contributed by atoms with Gasteiger partial charge >= 0.3 is 0 Å². The number of nitrogens with zero attached hydrogens (tertiary/aromatic N) is 2. The number of quaternary nitrogens is 1. The second kappa shape index (κ2) is 7.67. The van der Waals surface area contributed by atoms with Crippen LogP contribution < -0.4 is 17.3 Å². The first-order chi connectivity index (χ1) is 12.9. The van der Waals surface area contributed by atoms with Gasteiger partial charge in [0.15, 0.2) is 0 Å². The standard InChI is InChI=1S/C22H21N3O.ClH/c1-2-6-16(7-3-1)14-17-10-12-25(13-11-17)22-21-20(23-15-24-22)18-8-4-5-9-19(18)26-21;/h1-9,15,17H,10-14H2;1H. The first-order valence-corrected chi connectivity index (χ1v) is 9.40. The molecule has 2 aromatic heterocycles. The van der Waals surface area contributed by atoms with Crippen LogP contribution in [0, 0.1) is 5.92 Å². The second-order valence-electron chi connectivity index (χ2n) is 7.23. The van der Waals surface area contributed by atoms with Crippen molar-refractivity contribution in [2.75, 3.05) is 13.1 Å². The number of rotatable bonds is 3. The van der Waals surface area contributed by atoms with E-state index in [-0.39, 0.29) is 12.4 Å². The van der Waals surface area contributed by atoms with Gasteiger partial charge < -0.3 is 16.8 Å². The molecule has 3 heterocycles. The average molecular weight is 380 g/mol. The van der Waals surface area contributed by atoms with Crippen LogP contribution in [0.4, 0.5) is 5.82 Å². The van der Waals surface area contributed by atoms with Gasteiger partial charge in [-0.3, -0.25) is 4.90 Å². The molecule has 2 aromatic carbocycles. The molecule has 0 spiro atoms. The molecule has 1 saturated heterocycles. The van der Waals surface area contributed by atoms with Crippen molar-refractivity contribution in [1.29, 1.82) is 0 Å². The Kier molecular flexibility index (Phi) is 5.10. The van der Waals surface area contributed by atoms with Crippen LogP contribution in [0.5, 0.6) is 0 Å². The number of para-hydroxylation sites is 1.